The van der Waals surface area contributed by atoms with E-state index in [1.54, 1.807) is 17.0 Å². The molecular weight excluding hydrogens is 418 g/mol. The van der Waals surface area contributed by atoms with Gasteiger partial charge in [0.1, 0.15) is 17.8 Å². The molecule has 1 aliphatic rings. The molecule has 2 atom stereocenters. The predicted molar refractivity (Wildman–Crippen MR) is 118 cm³/mol. The summed E-state index contributed by atoms with van der Waals surface area (Å²) in [5, 5.41) is 12.3. The van der Waals surface area contributed by atoms with Crippen molar-refractivity contribution in [2.45, 2.75) is 38.0 Å². The zero-order valence-corrected chi connectivity index (χ0v) is 18.1. The Bertz CT molecular complexity index is 848. The monoisotopic (exact) mass is 445 g/mol. The van der Waals surface area contributed by atoms with Gasteiger partial charge in [-0.05, 0) is 54.3 Å². The van der Waals surface area contributed by atoms with E-state index in [0.29, 0.717) is 32.5 Å². The Labute approximate surface area is 187 Å². The minimum absolute atomic E-state index is 0.114. The van der Waals surface area contributed by atoms with Gasteiger partial charge in [-0.25, -0.2) is 4.84 Å². The lowest BCUT2D eigenvalue weighted by molar-refractivity contribution is -0.140. The van der Waals surface area contributed by atoms with Gasteiger partial charge in [-0.3, -0.25) is 9.59 Å². The van der Waals surface area contributed by atoms with Crippen LogP contribution in [-0.2, 0) is 27.4 Å². The molecule has 1 saturated heterocycles. The first-order valence-corrected chi connectivity index (χ1v) is 10.8. The number of phenols is 1. The van der Waals surface area contributed by atoms with Crippen LogP contribution in [0.2, 0.25) is 0 Å². The Morgan fingerprint density at radius 2 is 1.87 bits per heavy atom. The van der Waals surface area contributed by atoms with Gasteiger partial charge in [-0.2, -0.15) is 0 Å². The number of halogens is 1. The minimum atomic E-state index is -0.726. The minimum Gasteiger partial charge on any atom is -0.508 e. The molecular formula is C23H28ClN3O4. The van der Waals surface area contributed by atoms with E-state index in [2.05, 4.69) is 10.2 Å². The number of aromatic hydroxyl groups is 1. The average Bonchev–Trinajstić information content (AvgIpc) is 3.28. The van der Waals surface area contributed by atoms with Crippen LogP contribution in [0.25, 0.3) is 0 Å². The maximum absolute atomic E-state index is 13.0. The highest BCUT2D eigenvalue weighted by Gasteiger charge is 2.36. The molecule has 2 amide bonds. The number of phenolic OH excluding ortho intramolecular Hbond substituents is 1. The lowest BCUT2D eigenvalue weighted by atomic mass is 10.1. The number of hydrogen-bond acceptors (Lipinski definition) is 5. The van der Waals surface area contributed by atoms with E-state index in [4.69, 9.17) is 16.5 Å². The first kappa shape index (κ1) is 23.1. The van der Waals surface area contributed by atoms with E-state index in [9.17, 15) is 14.7 Å². The van der Waals surface area contributed by atoms with E-state index in [-0.39, 0.29) is 24.2 Å². The Kier molecular flexibility index (Phi) is 8.70. The lowest BCUT2D eigenvalue weighted by Gasteiger charge is -2.27. The normalized spacial score (nSPS) is 16.8. The molecule has 0 radical (unpaired) electrons. The smallest absolute Gasteiger partial charge is 0.244 e. The molecule has 0 unspecified atom stereocenters. The quantitative estimate of drug-likeness (QED) is 0.488. The number of carbonyl (C=O) groups excluding carboxylic acids is 2. The van der Waals surface area contributed by atoms with Gasteiger partial charge in [0.2, 0.25) is 11.8 Å². The maximum Gasteiger partial charge on any atom is 0.244 e. The molecule has 2 aromatic carbocycles. The van der Waals surface area contributed by atoms with Crippen molar-refractivity contribution in [2.24, 2.45) is 0 Å². The summed E-state index contributed by atoms with van der Waals surface area (Å²) in [6.45, 7) is 1.47. The third-order valence-electron chi connectivity index (χ3n) is 5.31. The van der Waals surface area contributed by atoms with Crippen molar-refractivity contribution in [1.82, 2.24) is 15.1 Å². The topological polar surface area (TPSA) is 90.9 Å². The number of nitrogens with one attached hydrogen (secondary N) is 2. The van der Waals surface area contributed by atoms with E-state index in [1.165, 1.54) is 0 Å². The summed E-state index contributed by atoms with van der Waals surface area (Å²) < 4.78 is 5.66. The van der Waals surface area contributed by atoms with Gasteiger partial charge >= 0.3 is 0 Å². The Morgan fingerprint density at radius 3 is 2.58 bits per heavy atom. The number of amides is 2. The molecule has 0 aliphatic carbocycles. The van der Waals surface area contributed by atoms with Crippen LogP contribution >= 0.6 is 11.8 Å². The fraction of sp³-hybridized carbons (Fsp3) is 0.391. The maximum atomic E-state index is 13.0. The van der Waals surface area contributed by atoms with Crippen LogP contribution in [0.15, 0.2) is 54.6 Å². The summed E-state index contributed by atoms with van der Waals surface area (Å²) in [5.41, 5.74) is 2.02. The second-order valence-electron chi connectivity index (χ2n) is 7.56. The van der Waals surface area contributed by atoms with Gasteiger partial charge < -0.3 is 20.1 Å². The number of likely N-dealkylation sites (tertiary alicyclic amines) is 1. The lowest BCUT2D eigenvalue weighted by Crippen LogP contribution is -2.52. The number of ether oxygens (including phenoxy) is 1. The largest absolute Gasteiger partial charge is 0.508 e. The summed E-state index contributed by atoms with van der Waals surface area (Å²) >= 11 is 5.82. The van der Waals surface area contributed by atoms with Gasteiger partial charge in [0.15, 0.2) is 0 Å². The highest BCUT2D eigenvalue weighted by Crippen LogP contribution is 2.19. The number of hydrogen-bond donors (Lipinski definition) is 3. The van der Waals surface area contributed by atoms with Gasteiger partial charge in [-0.15, -0.1) is 0 Å². The van der Waals surface area contributed by atoms with Crippen LogP contribution in [0.5, 0.6) is 5.75 Å². The molecule has 31 heavy (non-hydrogen) atoms. The Morgan fingerprint density at radius 1 is 1.13 bits per heavy atom. The zero-order valence-electron chi connectivity index (χ0n) is 17.3. The fourth-order valence-corrected chi connectivity index (χ4v) is 3.79. The standard InChI is InChI=1S/C23H28ClN3O4/c24-26-20(16-31-15-18-5-2-1-3-6-18)23(30)27-14-4-7-21(27)22(29)25-13-12-17-8-10-19(28)11-9-17/h1-3,5-6,8-11,20-21,26,28H,4,7,12-16H2,(H,25,29)/t20-,21-/m0/s1. The molecule has 1 aliphatic heterocycles. The molecule has 1 heterocycles. The molecule has 3 rings (SSSR count). The van der Waals surface area contributed by atoms with E-state index < -0.39 is 12.1 Å². The van der Waals surface area contributed by atoms with Crippen LogP contribution in [0, 0.1) is 0 Å². The third kappa shape index (κ3) is 6.69. The van der Waals surface area contributed by atoms with Crippen molar-refractivity contribution in [1.29, 1.82) is 0 Å². The second kappa shape index (κ2) is 11.7. The highest BCUT2D eigenvalue weighted by atomic mass is 35.5. The van der Waals surface area contributed by atoms with Crippen molar-refractivity contribution >= 4 is 23.6 Å². The van der Waals surface area contributed by atoms with Gasteiger partial charge in [-0.1, -0.05) is 42.5 Å². The van der Waals surface area contributed by atoms with Crippen LogP contribution in [-0.4, -0.2) is 53.6 Å². The predicted octanol–water partition coefficient (Wildman–Crippen LogP) is 2.37. The van der Waals surface area contributed by atoms with Gasteiger partial charge in [0.25, 0.3) is 0 Å². The molecule has 0 aromatic heterocycles. The number of nitrogens with zero attached hydrogens (tertiary/aromatic N) is 1. The van der Waals surface area contributed by atoms with E-state index in [0.717, 1.165) is 17.5 Å². The molecule has 2 aromatic rings. The van der Waals surface area contributed by atoms with Crippen molar-refractivity contribution in [3.8, 4) is 5.75 Å². The second-order valence-corrected chi connectivity index (χ2v) is 7.78. The SMILES string of the molecule is O=C(NCCc1ccc(O)cc1)[C@@H]1CCCN1C(=O)[C@H](COCc1ccccc1)NCl. The van der Waals surface area contributed by atoms with Gasteiger partial charge in [0, 0.05) is 13.1 Å². The molecule has 7 nitrogen and oxygen atoms in total. The number of carbonyl (C=O) groups is 2. The van der Waals surface area contributed by atoms with Gasteiger partial charge in [0.05, 0.1) is 13.2 Å². The summed E-state index contributed by atoms with van der Waals surface area (Å²) in [6, 6.07) is 15.3. The zero-order chi connectivity index (χ0) is 22.1. The molecule has 0 spiro atoms. The van der Waals surface area contributed by atoms with Crippen molar-refractivity contribution in [3.05, 3.63) is 65.7 Å². The van der Waals surface area contributed by atoms with Crippen molar-refractivity contribution in [3.63, 3.8) is 0 Å². The third-order valence-corrected chi connectivity index (χ3v) is 5.58. The number of benzene rings is 2. The molecule has 0 saturated carbocycles. The summed E-state index contributed by atoms with van der Waals surface area (Å²) in [5.74, 6) is -0.189. The van der Waals surface area contributed by atoms with Crippen LogP contribution < -0.4 is 10.2 Å². The molecule has 8 heteroatoms. The van der Waals surface area contributed by atoms with E-state index >= 15 is 0 Å². The van der Waals surface area contributed by atoms with Crippen LogP contribution in [0.1, 0.15) is 24.0 Å². The average molecular weight is 446 g/mol. The van der Waals surface area contributed by atoms with E-state index in [1.807, 2.05) is 42.5 Å². The molecule has 0 bridgehead atoms. The fourth-order valence-electron chi connectivity index (χ4n) is 3.63. The highest BCUT2D eigenvalue weighted by molar-refractivity contribution is 6.15. The summed E-state index contributed by atoms with van der Waals surface area (Å²) in [7, 11) is 0. The Hall–Kier alpha value is -2.61. The van der Waals surface area contributed by atoms with Crippen molar-refractivity contribution in [2.75, 3.05) is 19.7 Å². The molecule has 3 N–H and O–H groups in total. The molecule has 1 fully saturated rings. The van der Waals surface area contributed by atoms with Crippen LogP contribution in [0.4, 0.5) is 0 Å². The van der Waals surface area contributed by atoms with Crippen molar-refractivity contribution < 1.29 is 19.4 Å². The molecule has 166 valence electrons. The first-order chi connectivity index (χ1) is 15.1. The summed E-state index contributed by atoms with van der Waals surface area (Å²) in [4.78, 5) is 29.7. The first-order valence-electron chi connectivity index (χ1n) is 10.4. The Balaban J connectivity index is 1.48. The number of rotatable bonds is 10. The summed E-state index contributed by atoms with van der Waals surface area (Å²) in [6.07, 6.45) is 2.03. The van der Waals surface area contributed by atoms with Crippen LogP contribution in [0.3, 0.4) is 0 Å².